The Morgan fingerprint density at radius 3 is 2.52 bits per heavy atom. The number of likely N-dealkylation sites (tertiary alicyclic amines) is 1. The van der Waals surface area contributed by atoms with E-state index < -0.39 is 0 Å². The van der Waals surface area contributed by atoms with Crippen LogP contribution in [0.25, 0.3) is 0 Å². The van der Waals surface area contributed by atoms with Crippen LogP contribution in [0.2, 0.25) is 0 Å². The second-order valence-corrected chi connectivity index (χ2v) is 5.48. The standard InChI is InChI=1S/C17H26N2O3.ClH/c1-2-21-15-7-9-16(10-8-15)22-12-4-6-17(20)19-11-3-5-14(19)13-18;/h7-10,14H,2-6,11-13,18H2,1H3;1H. The number of hydrogen-bond acceptors (Lipinski definition) is 4. The first-order chi connectivity index (χ1) is 10.7. The van der Waals surface area contributed by atoms with Crippen LogP contribution in [0.5, 0.6) is 11.5 Å². The minimum absolute atomic E-state index is 0. The van der Waals surface area contributed by atoms with Crippen molar-refractivity contribution in [2.24, 2.45) is 5.73 Å². The third-order valence-electron chi connectivity index (χ3n) is 3.91. The van der Waals surface area contributed by atoms with Gasteiger partial charge in [0.1, 0.15) is 11.5 Å². The molecule has 0 aliphatic carbocycles. The molecule has 0 saturated carbocycles. The molecule has 1 heterocycles. The Balaban J connectivity index is 0.00000264. The molecule has 1 aliphatic rings. The van der Waals surface area contributed by atoms with Gasteiger partial charge in [-0.05, 0) is 50.5 Å². The van der Waals surface area contributed by atoms with Gasteiger partial charge in [-0.25, -0.2) is 0 Å². The predicted octanol–water partition coefficient (Wildman–Crippen LogP) is 2.62. The first-order valence-electron chi connectivity index (χ1n) is 8.09. The second-order valence-electron chi connectivity index (χ2n) is 5.48. The summed E-state index contributed by atoms with van der Waals surface area (Å²) in [6.45, 7) is 4.56. The molecule has 0 bridgehead atoms. The van der Waals surface area contributed by atoms with Crippen molar-refractivity contribution in [1.29, 1.82) is 0 Å². The number of rotatable bonds is 8. The van der Waals surface area contributed by atoms with Gasteiger partial charge in [-0.15, -0.1) is 12.4 Å². The van der Waals surface area contributed by atoms with E-state index in [1.165, 1.54) is 0 Å². The smallest absolute Gasteiger partial charge is 0.222 e. The van der Waals surface area contributed by atoms with Gasteiger partial charge in [0, 0.05) is 25.6 Å². The van der Waals surface area contributed by atoms with Crippen molar-refractivity contribution in [3.63, 3.8) is 0 Å². The molecule has 2 rings (SSSR count). The lowest BCUT2D eigenvalue weighted by Crippen LogP contribution is -2.39. The van der Waals surface area contributed by atoms with Gasteiger partial charge in [0.25, 0.3) is 0 Å². The summed E-state index contributed by atoms with van der Waals surface area (Å²) in [5.41, 5.74) is 5.70. The van der Waals surface area contributed by atoms with E-state index in [1.807, 2.05) is 36.1 Å². The average molecular weight is 343 g/mol. The third-order valence-corrected chi connectivity index (χ3v) is 3.91. The summed E-state index contributed by atoms with van der Waals surface area (Å²) in [6, 6.07) is 7.79. The first kappa shape index (κ1) is 19.6. The zero-order valence-electron chi connectivity index (χ0n) is 13.7. The Bertz CT molecular complexity index is 467. The number of carbonyl (C=O) groups excluding carboxylic acids is 1. The second kappa shape index (κ2) is 10.3. The molecule has 0 aromatic heterocycles. The van der Waals surface area contributed by atoms with Gasteiger partial charge in [-0.1, -0.05) is 0 Å². The van der Waals surface area contributed by atoms with Gasteiger partial charge < -0.3 is 20.1 Å². The number of amides is 1. The topological polar surface area (TPSA) is 64.8 Å². The van der Waals surface area contributed by atoms with Crippen LogP contribution in [0.4, 0.5) is 0 Å². The van der Waals surface area contributed by atoms with Gasteiger partial charge in [0.05, 0.1) is 13.2 Å². The van der Waals surface area contributed by atoms with E-state index in [1.54, 1.807) is 0 Å². The first-order valence-corrected chi connectivity index (χ1v) is 8.09. The maximum atomic E-state index is 12.1. The van der Waals surface area contributed by atoms with Crippen LogP contribution < -0.4 is 15.2 Å². The van der Waals surface area contributed by atoms with E-state index in [0.29, 0.717) is 26.2 Å². The molecule has 1 amide bonds. The summed E-state index contributed by atoms with van der Waals surface area (Å²) >= 11 is 0. The van der Waals surface area contributed by atoms with Gasteiger partial charge in [0.15, 0.2) is 0 Å². The number of ether oxygens (including phenoxy) is 2. The summed E-state index contributed by atoms with van der Waals surface area (Å²) in [7, 11) is 0. The molecule has 1 atom stereocenters. The zero-order valence-corrected chi connectivity index (χ0v) is 14.5. The summed E-state index contributed by atoms with van der Waals surface area (Å²) in [6.07, 6.45) is 3.34. The zero-order chi connectivity index (χ0) is 15.8. The summed E-state index contributed by atoms with van der Waals surface area (Å²) < 4.78 is 11.0. The van der Waals surface area contributed by atoms with Gasteiger partial charge in [0.2, 0.25) is 5.91 Å². The normalized spacial score (nSPS) is 16.8. The molecule has 5 nitrogen and oxygen atoms in total. The van der Waals surface area contributed by atoms with Gasteiger partial charge >= 0.3 is 0 Å². The lowest BCUT2D eigenvalue weighted by atomic mass is 10.2. The Kier molecular flexibility index (Phi) is 8.81. The van der Waals surface area contributed by atoms with E-state index in [2.05, 4.69) is 0 Å². The summed E-state index contributed by atoms with van der Waals surface area (Å²) in [4.78, 5) is 14.1. The fraction of sp³-hybridized carbons (Fsp3) is 0.588. The minimum Gasteiger partial charge on any atom is -0.494 e. The van der Waals surface area contributed by atoms with Crippen LogP contribution in [0, 0.1) is 0 Å². The van der Waals surface area contributed by atoms with Crippen molar-refractivity contribution in [3.05, 3.63) is 24.3 Å². The molecule has 0 spiro atoms. The average Bonchev–Trinajstić information content (AvgIpc) is 3.02. The number of nitrogens with two attached hydrogens (primary N) is 1. The lowest BCUT2D eigenvalue weighted by molar-refractivity contribution is -0.132. The molecule has 1 unspecified atom stereocenters. The van der Waals surface area contributed by atoms with Gasteiger partial charge in [-0.3, -0.25) is 4.79 Å². The van der Waals surface area contributed by atoms with Crippen molar-refractivity contribution in [3.8, 4) is 11.5 Å². The predicted molar refractivity (Wildman–Crippen MR) is 93.4 cm³/mol. The molecule has 1 aliphatic heterocycles. The molecule has 130 valence electrons. The van der Waals surface area contributed by atoms with Gasteiger partial charge in [-0.2, -0.15) is 0 Å². The molecular formula is C17H27ClN2O3. The van der Waals surface area contributed by atoms with E-state index >= 15 is 0 Å². The van der Waals surface area contributed by atoms with Crippen LogP contribution >= 0.6 is 12.4 Å². The fourth-order valence-corrected chi connectivity index (χ4v) is 2.76. The van der Waals surface area contributed by atoms with E-state index in [9.17, 15) is 4.79 Å². The molecule has 1 fully saturated rings. The molecule has 23 heavy (non-hydrogen) atoms. The molecule has 2 N–H and O–H groups in total. The van der Waals surface area contributed by atoms with Crippen molar-refractivity contribution >= 4 is 18.3 Å². The third kappa shape index (κ3) is 5.92. The largest absolute Gasteiger partial charge is 0.494 e. The highest BCUT2D eigenvalue weighted by Crippen LogP contribution is 2.19. The minimum atomic E-state index is 0. The van der Waals surface area contributed by atoms with Crippen LogP contribution in [0.15, 0.2) is 24.3 Å². The highest BCUT2D eigenvalue weighted by Gasteiger charge is 2.26. The molecule has 1 aromatic rings. The van der Waals surface area contributed by atoms with Crippen molar-refractivity contribution in [1.82, 2.24) is 4.90 Å². The Hall–Kier alpha value is -1.46. The highest BCUT2D eigenvalue weighted by molar-refractivity contribution is 5.85. The quantitative estimate of drug-likeness (QED) is 0.737. The number of nitrogens with zero attached hydrogens (tertiary/aromatic N) is 1. The van der Waals surface area contributed by atoms with Crippen LogP contribution in [0.1, 0.15) is 32.6 Å². The number of benzene rings is 1. The van der Waals surface area contributed by atoms with E-state index in [0.717, 1.165) is 37.3 Å². The molecule has 1 saturated heterocycles. The van der Waals surface area contributed by atoms with Crippen LogP contribution in [0.3, 0.4) is 0 Å². The number of carbonyl (C=O) groups is 1. The van der Waals surface area contributed by atoms with Crippen LogP contribution in [-0.4, -0.2) is 43.2 Å². The number of hydrogen-bond donors (Lipinski definition) is 1. The fourth-order valence-electron chi connectivity index (χ4n) is 2.76. The van der Waals surface area contributed by atoms with E-state index in [4.69, 9.17) is 15.2 Å². The maximum absolute atomic E-state index is 12.1. The molecular weight excluding hydrogens is 316 g/mol. The van der Waals surface area contributed by atoms with Crippen molar-refractivity contribution < 1.29 is 14.3 Å². The Morgan fingerprint density at radius 1 is 1.26 bits per heavy atom. The summed E-state index contributed by atoms with van der Waals surface area (Å²) in [5, 5.41) is 0. The highest BCUT2D eigenvalue weighted by atomic mass is 35.5. The van der Waals surface area contributed by atoms with E-state index in [-0.39, 0.29) is 24.4 Å². The Labute approximate surface area is 144 Å². The Morgan fingerprint density at radius 2 is 1.91 bits per heavy atom. The molecule has 0 radical (unpaired) electrons. The molecule has 1 aromatic carbocycles. The van der Waals surface area contributed by atoms with Crippen LogP contribution in [-0.2, 0) is 4.79 Å². The SMILES string of the molecule is CCOc1ccc(OCCCC(=O)N2CCCC2CN)cc1.Cl. The monoisotopic (exact) mass is 342 g/mol. The molecule has 6 heteroatoms. The summed E-state index contributed by atoms with van der Waals surface area (Å²) in [5.74, 6) is 1.84. The number of halogens is 1. The lowest BCUT2D eigenvalue weighted by Gasteiger charge is -2.23. The van der Waals surface area contributed by atoms with Crippen molar-refractivity contribution in [2.75, 3.05) is 26.3 Å². The maximum Gasteiger partial charge on any atom is 0.222 e. The van der Waals surface area contributed by atoms with Crippen molar-refractivity contribution in [2.45, 2.75) is 38.6 Å².